The number of hydrogen-bond acceptors (Lipinski definition) is 6. The van der Waals surface area contributed by atoms with Gasteiger partial charge in [0.1, 0.15) is 12.2 Å². The summed E-state index contributed by atoms with van der Waals surface area (Å²) < 4.78 is 12.0. The first-order valence-electron chi connectivity index (χ1n) is 5.13. The zero-order chi connectivity index (χ0) is 11.8. The van der Waals surface area contributed by atoms with Crippen molar-refractivity contribution in [3.63, 3.8) is 0 Å². The van der Waals surface area contributed by atoms with Crippen molar-refractivity contribution in [1.29, 1.82) is 0 Å². The summed E-state index contributed by atoms with van der Waals surface area (Å²) in [5, 5.41) is 3.99. The second-order valence-corrected chi connectivity index (χ2v) is 3.44. The van der Waals surface area contributed by atoms with E-state index in [-0.39, 0.29) is 6.04 Å². The van der Waals surface area contributed by atoms with E-state index in [1.807, 2.05) is 7.05 Å². The van der Waals surface area contributed by atoms with Crippen molar-refractivity contribution in [2.75, 3.05) is 26.9 Å². The van der Waals surface area contributed by atoms with E-state index >= 15 is 0 Å². The molecule has 0 saturated carbocycles. The average molecular weight is 229 g/mol. The van der Waals surface area contributed by atoms with Crippen LogP contribution in [0.4, 0.5) is 0 Å². The number of rotatable bonds is 8. The van der Waals surface area contributed by atoms with E-state index in [4.69, 9.17) is 15.3 Å². The molecule has 7 heteroatoms. The highest BCUT2D eigenvalue weighted by molar-refractivity contribution is 4.88. The van der Waals surface area contributed by atoms with Gasteiger partial charge in [0.05, 0.1) is 25.9 Å². The van der Waals surface area contributed by atoms with Crippen molar-refractivity contribution in [1.82, 2.24) is 20.2 Å². The molecule has 1 heterocycles. The van der Waals surface area contributed by atoms with E-state index in [0.29, 0.717) is 26.2 Å². The molecule has 0 spiro atoms. The number of hydrogen-bond donors (Lipinski definition) is 2. The van der Waals surface area contributed by atoms with E-state index in [0.717, 1.165) is 5.82 Å². The lowest BCUT2D eigenvalue weighted by atomic mass is 10.2. The van der Waals surface area contributed by atoms with Crippen LogP contribution in [0.1, 0.15) is 5.82 Å². The molecule has 1 atom stereocenters. The molecule has 0 radical (unpaired) electrons. The highest BCUT2D eigenvalue weighted by Gasteiger charge is 2.11. The van der Waals surface area contributed by atoms with Crippen LogP contribution < -0.4 is 11.3 Å². The van der Waals surface area contributed by atoms with Crippen LogP contribution in [0.2, 0.25) is 0 Å². The number of nitrogens with two attached hydrogens (primary N) is 1. The summed E-state index contributed by atoms with van der Waals surface area (Å²) in [4.78, 5) is 4.12. The topological polar surface area (TPSA) is 87.2 Å². The van der Waals surface area contributed by atoms with Crippen LogP contribution in [0.15, 0.2) is 6.33 Å². The molecule has 0 saturated heterocycles. The van der Waals surface area contributed by atoms with Crippen molar-refractivity contribution in [3.05, 3.63) is 12.2 Å². The number of methoxy groups -OCH3 is 1. The Labute approximate surface area is 94.9 Å². The molecule has 0 aliphatic carbocycles. The van der Waals surface area contributed by atoms with E-state index in [9.17, 15) is 0 Å². The van der Waals surface area contributed by atoms with Gasteiger partial charge in [-0.3, -0.25) is 16.0 Å². The molecule has 0 bridgehead atoms. The van der Waals surface area contributed by atoms with Gasteiger partial charge in [-0.25, -0.2) is 4.98 Å². The molecule has 0 aliphatic heterocycles. The van der Waals surface area contributed by atoms with Crippen LogP contribution in [0.3, 0.4) is 0 Å². The van der Waals surface area contributed by atoms with Gasteiger partial charge >= 0.3 is 0 Å². The first-order valence-corrected chi connectivity index (χ1v) is 5.13. The summed E-state index contributed by atoms with van der Waals surface area (Å²) in [5.41, 5.74) is 2.70. The SMILES string of the molecule is COCCOCC(Cc1ncnn1C)NN. The van der Waals surface area contributed by atoms with Gasteiger partial charge < -0.3 is 9.47 Å². The van der Waals surface area contributed by atoms with Crippen molar-refractivity contribution in [3.8, 4) is 0 Å². The van der Waals surface area contributed by atoms with E-state index in [1.54, 1.807) is 11.8 Å². The Kier molecular flexibility index (Phi) is 5.94. The normalized spacial score (nSPS) is 12.9. The number of ether oxygens (including phenoxy) is 2. The zero-order valence-electron chi connectivity index (χ0n) is 9.72. The molecule has 16 heavy (non-hydrogen) atoms. The maximum absolute atomic E-state index is 5.44. The van der Waals surface area contributed by atoms with Gasteiger partial charge in [-0.05, 0) is 0 Å². The van der Waals surface area contributed by atoms with Crippen LogP contribution in [0.25, 0.3) is 0 Å². The van der Waals surface area contributed by atoms with Crippen LogP contribution >= 0.6 is 0 Å². The van der Waals surface area contributed by atoms with E-state index in [1.165, 1.54) is 6.33 Å². The van der Waals surface area contributed by atoms with Crippen LogP contribution in [-0.4, -0.2) is 47.7 Å². The summed E-state index contributed by atoms with van der Waals surface area (Å²) >= 11 is 0. The molecule has 1 aromatic rings. The molecular weight excluding hydrogens is 210 g/mol. The average Bonchev–Trinajstić information content (AvgIpc) is 2.68. The Balaban J connectivity index is 2.29. The third-order valence-electron chi connectivity index (χ3n) is 2.22. The predicted octanol–water partition coefficient (Wildman–Crippen LogP) is -1.15. The van der Waals surface area contributed by atoms with Crippen molar-refractivity contribution >= 4 is 0 Å². The van der Waals surface area contributed by atoms with E-state index < -0.39 is 0 Å². The molecule has 0 aromatic carbocycles. The summed E-state index contributed by atoms with van der Waals surface area (Å²) in [6.45, 7) is 1.67. The maximum atomic E-state index is 5.44. The quantitative estimate of drug-likeness (QED) is 0.332. The fourth-order valence-electron chi connectivity index (χ4n) is 1.26. The third kappa shape index (κ3) is 4.23. The third-order valence-corrected chi connectivity index (χ3v) is 2.22. The number of aromatic nitrogens is 3. The highest BCUT2D eigenvalue weighted by atomic mass is 16.5. The molecule has 1 rings (SSSR count). The van der Waals surface area contributed by atoms with Gasteiger partial charge in [0.25, 0.3) is 0 Å². The fourth-order valence-corrected chi connectivity index (χ4v) is 1.26. The van der Waals surface area contributed by atoms with Crippen LogP contribution in [0.5, 0.6) is 0 Å². The first kappa shape index (κ1) is 13.0. The van der Waals surface area contributed by atoms with Gasteiger partial charge in [0, 0.05) is 20.6 Å². The Morgan fingerprint density at radius 3 is 2.94 bits per heavy atom. The molecule has 7 nitrogen and oxygen atoms in total. The minimum atomic E-state index is 0.0276. The minimum absolute atomic E-state index is 0.0276. The Hall–Kier alpha value is -1.02. The maximum Gasteiger partial charge on any atom is 0.138 e. The van der Waals surface area contributed by atoms with Crippen LogP contribution in [0, 0.1) is 0 Å². The Morgan fingerprint density at radius 1 is 1.56 bits per heavy atom. The molecule has 0 amide bonds. The summed E-state index contributed by atoms with van der Waals surface area (Å²) in [7, 11) is 3.49. The Morgan fingerprint density at radius 2 is 2.38 bits per heavy atom. The smallest absolute Gasteiger partial charge is 0.138 e. The van der Waals surface area contributed by atoms with Gasteiger partial charge in [-0.2, -0.15) is 5.10 Å². The molecule has 92 valence electrons. The van der Waals surface area contributed by atoms with Gasteiger partial charge in [0.2, 0.25) is 0 Å². The second kappa shape index (κ2) is 7.29. The Bertz CT molecular complexity index is 291. The lowest BCUT2D eigenvalue weighted by Crippen LogP contribution is -2.41. The van der Waals surface area contributed by atoms with Crippen molar-refractivity contribution in [2.24, 2.45) is 12.9 Å². The standard InChI is InChI=1S/C9H19N5O2/c1-14-9(11-7-12-14)5-8(13-10)6-16-4-3-15-2/h7-8,13H,3-6,10H2,1-2H3. The summed E-state index contributed by atoms with van der Waals surface area (Å²) in [6.07, 6.45) is 2.20. The predicted molar refractivity (Wildman–Crippen MR) is 58.5 cm³/mol. The molecular formula is C9H19N5O2. The summed E-state index contributed by atoms with van der Waals surface area (Å²) in [6, 6.07) is 0.0276. The number of aryl methyl sites for hydroxylation is 1. The van der Waals surface area contributed by atoms with Gasteiger partial charge in [-0.15, -0.1) is 0 Å². The molecule has 3 N–H and O–H groups in total. The molecule has 0 aliphatic rings. The van der Waals surface area contributed by atoms with Crippen LogP contribution in [-0.2, 0) is 22.9 Å². The van der Waals surface area contributed by atoms with Gasteiger partial charge in [0.15, 0.2) is 0 Å². The van der Waals surface area contributed by atoms with Gasteiger partial charge in [-0.1, -0.05) is 0 Å². The van der Waals surface area contributed by atoms with E-state index in [2.05, 4.69) is 15.5 Å². The number of nitrogens with zero attached hydrogens (tertiary/aromatic N) is 3. The lowest BCUT2D eigenvalue weighted by molar-refractivity contribution is 0.0583. The molecule has 1 aromatic heterocycles. The van der Waals surface area contributed by atoms with Crippen molar-refractivity contribution < 1.29 is 9.47 Å². The molecule has 1 unspecified atom stereocenters. The monoisotopic (exact) mass is 229 g/mol. The highest BCUT2D eigenvalue weighted by Crippen LogP contribution is 1.98. The fraction of sp³-hybridized carbons (Fsp3) is 0.778. The summed E-state index contributed by atoms with van der Waals surface area (Å²) in [5.74, 6) is 6.31. The lowest BCUT2D eigenvalue weighted by Gasteiger charge is -2.15. The first-order chi connectivity index (χ1) is 7.77. The largest absolute Gasteiger partial charge is 0.382 e. The number of hydrazine groups is 1. The number of nitrogens with one attached hydrogen (secondary N) is 1. The molecule has 0 fully saturated rings. The second-order valence-electron chi connectivity index (χ2n) is 3.44. The van der Waals surface area contributed by atoms with Crippen molar-refractivity contribution in [2.45, 2.75) is 12.5 Å². The minimum Gasteiger partial charge on any atom is -0.382 e. The zero-order valence-corrected chi connectivity index (χ0v) is 9.72.